The minimum Gasteiger partial charge on any atom is -0.346 e. The zero-order valence-electron chi connectivity index (χ0n) is 9.85. The Morgan fingerprint density at radius 3 is 2.47 bits per heavy atom. The van der Waals surface area contributed by atoms with Gasteiger partial charge in [0.1, 0.15) is 0 Å². The molecular weight excluding hydrogens is 325 g/mol. The molecule has 0 radical (unpaired) electrons. The van der Waals surface area contributed by atoms with Gasteiger partial charge in [0.25, 0.3) is 5.91 Å². The van der Waals surface area contributed by atoms with E-state index >= 15 is 0 Å². The summed E-state index contributed by atoms with van der Waals surface area (Å²) >= 11 is 15.2. The van der Waals surface area contributed by atoms with Crippen molar-refractivity contribution in [2.75, 3.05) is 0 Å². The van der Waals surface area contributed by atoms with Crippen molar-refractivity contribution in [3.8, 4) is 0 Å². The number of carbonyl (C=O) groups excluding carboxylic acids is 1. The van der Waals surface area contributed by atoms with Crippen LogP contribution in [0.3, 0.4) is 0 Å². The smallest absolute Gasteiger partial charge is 0.253 e. The van der Waals surface area contributed by atoms with Crippen LogP contribution in [-0.4, -0.2) is 16.3 Å². The standard InChI is InChI=1S/C12H14BrCl2NO/c1-7(13)12(2,3)16-11(17)9-5-4-8(14)6-10(9)15/h4-7H,1-3H3,(H,16,17). The lowest BCUT2D eigenvalue weighted by Gasteiger charge is -2.29. The molecule has 1 aromatic carbocycles. The molecule has 1 unspecified atom stereocenters. The molecule has 1 atom stereocenters. The summed E-state index contributed by atoms with van der Waals surface area (Å²) in [4.78, 5) is 12.2. The average molecular weight is 339 g/mol. The number of halogens is 3. The first-order valence-corrected chi connectivity index (χ1v) is 6.83. The summed E-state index contributed by atoms with van der Waals surface area (Å²) in [5.41, 5.74) is 0.0670. The minimum absolute atomic E-state index is 0.144. The molecule has 0 aliphatic heterocycles. The second-order valence-corrected chi connectivity index (χ2v) is 6.63. The van der Waals surface area contributed by atoms with Gasteiger partial charge in [0.2, 0.25) is 0 Å². The van der Waals surface area contributed by atoms with Gasteiger partial charge in [0.05, 0.1) is 10.6 Å². The van der Waals surface area contributed by atoms with Crippen LogP contribution in [0.25, 0.3) is 0 Å². The molecule has 5 heteroatoms. The van der Waals surface area contributed by atoms with Crippen LogP contribution in [0.1, 0.15) is 31.1 Å². The van der Waals surface area contributed by atoms with Gasteiger partial charge in [-0.15, -0.1) is 0 Å². The van der Waals surface area contributed by atoms with E-state index in [1.807, 2.05) is 20.8 Å². The second kappa shape index (κ2) is 5.59. The summed E-state index contributed by atoms with van der Waals surface area (Å²) in [5, 5.41) is 3.79. The first-order valence-electron chi connectivity index (χ1n) is 5.15. The number of carbonyl (C=O) groups is 1. The van der Waals surface area contributed by atoms with Crippen LogP contribution < -0.4 is 5.32 Å². The van der Waals surface area contributed by atoms with Gasteiger partial charge in [-0.25, -0.2) is 0 Å². The molecule has 0 aliphatic carbocycles. The maximum atomic E-state index is 12.0. The molecule has 0 heterocycles. The first-order chi connectivity index (χ1) is 7.74. The molecule has 0 bridgehead atoms. The van der Waals surface area contributed by atoms with Gasteiger partial charge in [0.15, 0.2) is 0 Å². The molecular formula is C12H14BrCl2NO. The van der Waals surface area contributed by atoms with E-state index in [1.165, 1.54) is 0 Å². The Labute approximate surface area is 120 Å². The second-order valence-electron chi connectivity index (χ2n) is 4.42. The van der Waals surface area contributed by atoms with Crippen molar-refractivity contribution in [3.63, 3.8) is 0 Å². The van der Waals surface area contributed by atoms with Crippen LogP contribution in [0.5, 0.6) is 0 Å². The third-order valence-electron chi connectivity index (χ3n) is 2.61. The Morgan fingerprint density at radius 1 is 1.41 bits per heavy atom. The molecule has 1 aromatic rings. The fraction of sp³-hybridized carbons (Fsp3) is 0.417. The van der Waals surface area contributed by atoms with Crippen LogP contribution in [0.15, 0.2) is 18.2 Å². The van der Waals surface area contributed by atoms with E-state index in [2.05, 4.69) is 21.2 Å². The number of hydrogen-bond acceptors (Lipinski definition) is 1. The van der Waals surface area contributed by atoms with Crippen molar-refractivity contribution in [2.45, 2.75) is 31.1 Å². The van der Waals surface area contributed by atoms with Gasteiger partial charge in [-0.3, -0.25) is 4.79 Å². The topological polar surface area (TPSA) is 29.1 Å². The zero-order valence-corrected chi connectivity index (χ0v) is 12.9. The maximum absolute atomic E-state index is 12.0. The molecule has 0 saturated carbocycles. The van der Waals surface area contributed by atoms with E-state index in [-0.39, 0.29) is 16.3 Å². The molecule has 0 fully saturated rings. The summed E-state index contributed by atoms with van der Waals surface area (Å²) in [5.74, 6) is -0.206. The highest BCUT2D eigenvalue weighted by Crippen LogP contribution is 2.23. The minimum atomic E-state index is -0.361. The van der Waals surface area contributed by atoms with Crippen molar-refractivity contribution in [3.05, 3.63) is 33.8 Å². The number of nitrogens with one attached hydrogen (secondary N) is 1. The third-order valence-corrected chi connectivity index (χ3v) is 4.30. The van der Waals surface area contributed by atoms with Gasteiger partial charge in [0, 0.05) is 15.4 Å². The lowest BCUT2D eigenvalue weighted by molar-refractivity contribution is 0.0914. The summed E-state index contributed by atoms with van der Waals surface area (Å²) in [6, 6.07) is 4.82. The van der Waals surface area contributed by atoms with Crippen molar-refractivity contribution < 1.29 is 4.79 Å². The van der Waals surface area contributed by atoms with Gasteiger partial charge in [-0.1, -0.05) is 46.1 Å². The lowest BCUT2D eigenvalue weighted by Crippen LogP contribution is -2.48. The first kappa shape index (κ1) is 14.8. The van der Waals surface area contributed by atoms with Gasteiger partial charge in [-0.05, 0) is 32.0 Å². The van der Waals surface area contributed by atoms with E-state index in [4.69, 9.17) is 23.2 Å². The highest BCUT2D eigenvalue weighted by molar-refractivity contribution is 9.09. The predicted molar refractivity (Wildman–Crippen MR) is 76.4 cm³/mol. The number of hydrogen-bond donors (Lipinski definition) is 1. The molecule has 1 rings (SSSR count). The summed E-state index contributed by atoms with van der Waals surface area (Å²) in [6.07, 6.45) is 0. The van der Waals surface area contributed by atoms with E-state index < -0.39 is 0 Å². The molecule has 17 heavy (non-hydrogen) atoms. The largest absolute Gasteiger partial charge is 0.346 e. The molecule has 0 spiro atoms. The van der Waals surface area contributed by atoms with Crippen molar-refractivity contribution >= 4 is 45.0 Å². The Morgan fingerprint density at radius 2 is 2.00 bits per heavy atom. The summed E-state index contributed by atoms with van der Waals surface area (Å²) in [6.45, 7) is 5.85. The predicted octanol–water partition coefficient (Wildman–Crippen LogP) is 4.29. The number of rotatable bonds is 3. The van der Waals surface area contributed by atoms with Crippen LogP contribution >= 0.6 is 39.1 Å². The normalized spacial score (nSPS) is 13.3. The van der Waals surface area contributed by atoms with Crippen LogP contribution in [0, 0.1) is 0 Å². The monoisotopic (exact) mass is 337 g/mol. The fourth-order valence-corrected chi connectivity index (χ4v) is 1.74. The van der Waals surface area contributed by atoms with Crippen molar-refractivity contribution in [2.24, 2.45) is 0 Å². The Kier molecular flexibility index (Phi) is 4.87. The fourth-order valence-electron chi connectivity index (χ4n) is 1.13. The molecule has 2 nitrogen and oxygen atoms in total. The molecule has 0 aliphatic rings. The van der Waals surface area contributed by atoms with E-state index in [1.54, 1.807) is 18.2 Å². The van der Waals surface area contributed by atoms with Gasteiger partial charge < -0.3 is 5.32 Å². The Hall–Kier alpha value is -0.250. The third kappa shape index (κ3) is 3.87. The SMILES string of the molecule is CC(Br)C(C)(C)NC(=O)c1ccc(Cl)cc1Cl. The molecule has 0 aromatic heterocycles. The average Bonchev–Trinajstić information content (AvgIpc) is 2.15. The van der Waals surface area contributed by atoms with Crippen molar-refractivity contribution in [1.29, 1.82) is 0 Å². The number of alkyl halides is 1. The summed E-state index contributed by atoms with van der Waals surface area (Å²) < 4.78 is 0. The Balaban J connectivity index is 2.91. The van der Waals surface area contributed by atoms with Gasteiger partial charge in [-0.2, -0.15) is 0 Å². The van der Waals surface area contributed by atoms with E-state index in [0.717, 1.165) is 0 Å². The van der Waals surface area contributed by atoms with Crippen LogP contribution in [0.4, 0.5) is 0 Å². The Bertz CT molecular complexity index is 433. The van der Waals surface area contributed by atoms with E-state index in [0.29, 0.717) is 15.6 Å². The molecule has 1 N–H and O–H groups in total. The molecule has 1 amide bonds. The lowest BCUT2D eigenvalue weighted by atomic mass is 10.0. The van der Waals surface area contributed by atoms with E-state index in [9.17, 15) is 4.79 Å². The van der Waals surface area contributed by atoms with Crippen LogP contribution in [0.2, 0.25) is 10.0 Å². The van der Waals surface area contributed by atoms with Gasteiger partial charge >= 0.3 is 0 Å². The summed E-state index contributed by atoms with van der Waals surface area (Å²) in [7, 11) is 0. The number of benzene rings is 1. The molecule has 94 valence electrons. The zero-order chi connectivity index (χ0) is 13.2. The highest BCUT2D eigenvalue weighted by atomic mass is 79.9. The maximum Gasteiger partial charge on any atom is 0.253 e. The van der Waals surface area contributed by atoms with Crippen molar-refractivity contribution in [1.82, 2.24) is 5.32 Å². The highest BCUT2D eigenvalue weighted by Gasteiger charge is 2.26. The molecule has 0 saturated heterocycles. The number of amides is 1. The van der Waals surface area contributed by atoms with Crippen LogP contribution in [-0.2, 0) is 0 Å². The quantitative estimate of drug-likeness (QED) is 0.818.